The van der Waals surface area contributed by atoms with Gasteiger partial charge in [0.1, 0.15) is 6.61 Å². The van der Waals surface area contributed by atoms with Gasteiger partial charge in [0.25, 0.3) is 0 Å². The molecule has 0 radical (unpaired) electrons. The van der Waals surface area contributed by atoms with Crippen LogP contribution in [0.1, 0.15) is 29.9 Å². The van der Waals surface area contributed by atoms with E-state index in [0.29, 0.717) is 24.4 Å². The Kier molecular flexibility index (Phi) is 4.29. The number of aryl methyl sites for hydroxylation is 2. The summed E-state index contributed by atoms with van der Waals surface area (Å²) in [5.74, 6) is 2.10. The third-order valence-corrected chi connectivity index (χ3v) is 4.62. The Balaban J connectivity index is 1.27. The predicted octanol–water partition coefficient (Wildman–Crippen LogP) is 1.43. The van der Waals surface area contributed by atoms with Crippen LogP contribution in [-0.2, 0) is 24.2 Å². The van der Waals surface area contributed by atoms with E-state index in [9.17, 15) is 0 Å². The van der Waals surface area contributed by atoms with Crippen molar-refractivity contribution in [2.24, 2.45) is 5.92 Å². The molecule has 2 aliphatic rings. The van der Waals surface area contributed by atoms with E-state index in [2.05, 4.69) is 36.6 Å². The van der Waals surface area contributed by atoms with E-state index in [0.717, 1.165) is 38.3 Å². The number of hydrogen-bond acceptors (Lipinski definition) is 8. The number of anilines is 2. The van der Waals surface area contributed by atoms with Crippen molar-refractivity contribution in [3.63, 3.8) is 0 Å². The fourth-order valence-electron chi connectivity index (χ4n) is 3.26. The molecule has 8 heteroatoms. The first-order chi connectivity index (χ1) is 11.8. The van der Waals surface area contributed by atoms with Gasteiger partial charge >= 0.3 is 6.01 Å². The summed E-state index contributed by atoms with van der Waals surface area (Å²) in [6.45, 7) is 3.11. The van der Waals surface area contributed by atoms with E-state index in [4.69, 9.17) is 9.26 Å². The Morgan fingerprint density at radius 1 is 1.29 bits per heavy atom. The third-order valence-electron chi connectivity index (χ3n) is 4.62. The molecule has 1 N–H and O–H groups in total. The van der Waals surface area contributed by atoms with Gasteiger partial charge in [-0.25, -0.2) is 0 Å². The number of nitrogens with zero attached hydrogens (tertiary/aromatic N) is 5. The summed E-state index contributed by atoms with van der Waals surface area (Å²) < 4.78 is 10.1. The third kappa shape index (κ3) is 3.19. The summed E-state index contributed by atoms with van der Waals surface area (Å²) in [5, 5.41) is 15.8. The maximum Gasteiger partial charge on any atom is 0.321 e. The van der Waals surface area contributed by atoms with E-state index in [1.165, 1.54) is 24.1 Å². The second-order valence-electron chi connectivity index (χ2n) is 6.48. The van der Waals surface area contributed by atoms with Gasteiger partial charge in [0.15, 0.2) is 11.6 Å². The van der Waals surface area contributed by atoms with E-state index < -0.39 is 0 Å². The van der Waals surface area contributed by atoms with Gasteiger partial charge in [-0.2, -0.15) is 10.1 Å². The number of hydrogen-bond donors (Lipinski definition) is 1. The minimum atomic E-state index is 0.361. The quantitative estimate of drug-likeness (QED) is 0.851. The van der Waals surface area contributed by atoms with Crippen molar-refractivity contribution < 1.29 is 9.26 Å². The molecule has 1 fully saturated rings. The molecule has 0 spiro atoms. The molecule has 0 unspecified atom stereocenters. The van der Waals surface area contributed by atoms with Crippen molar-refractivity contribution in [2.75, 3.05) is 37.0 Å². The van der Waals surface area contributed by atoms with Crippen LogP contribution in [0.4, 0.5) is 11.8 Å². The molecule has 0 saturated carbocycles. The van der Waals surface area contributed by atoms with Crippen LogP contribution in [0.2, 0.25) is 0 Å². The van der Waals surface area contributed by atoms with Crippen molar-refractivity contribution in [3.05, 3.63) is 23.1 Å². The lowest BCUT2D eigenvalue weighted by atomic mass is 9.95. The van der Waals surface area contributed by atoms with Gasteiger partial charge in [0, 0.05) is 32.7 Å². The predicted molar refractivity (Wildman–Crippen MR) is 87.9 cm³/mol. The summed E-state index contributed by atoms with van der Waals surface area (Å²) in [6, 6.07) is 2.68. The number of ether oxygens (including phenoxy) is 1. The molecule has 1 aliphatic carbocycles. The van der Waals surface area contributed by atoms with Crippen LogP contribution in [0, 0.1) is 5.92 Å². The number of aromatic nitrogens is 4. The molecule has 3 heterocycles. The fraction of sp³-hybridized carbons (Fsp3) is 0.625. The summed E-state index contributed by atoms with van der Waals surface area (Å²) in [4.78, 5) is 6.48. The van der Waals surface area contributed by atoms with Gasteiger partial charge in [0.05, 0.1) is 5.69 Å². The molecule has 0 aromatic carbocycles. The van der Waals surface area contributed by atoms with E-state index in [-0.39, 0.29) is 0 Å². The second-order valence-corrected chi connectivity index (χ2v) is 6.48. The molecule has 0 atom stereocenters. The highest BCUT2D eigenvalue weighted by Crippen LogP contribution is 2.26. The molecular formula is C16H22N6O2. The van der Waals surface area contributed by atoms with Gasteiger partial charge < -0.3 is 19.5 Å². The molecule has 0 bridgehead atoms. The standard InChI is InChI=1S/C16H22N6O2/c1-23-10-14-18-16(24-21-14)17-7-11-8-22(9-11)15-6-12-4-2-3-5-13(12)19-20-15/h6,11H,2-5,7-10H2,1H3,(H,17,18,21). The SMILES string of the molecule is COCc1noc(NCC2CN(c3cc4c(nn3)CCCC4)C2)n1. The van der Waals surface area contributed by atoms with Crippen LogP contribution in [0.15, 0.2) is 10.6 Å². The number of methoxy groups -OCH3 is 1. The Hall–Kier alpha value is -2.22. The maximum atomic E-state index is 5.12. The van der Waals surface area contributed by atoms with Crippen molar-refractivity contribution in [3.8, 4) is 0 Å². The van der Waals surface area contributed by atoms with Crippen LogP contribution in [0.25, 0.3) is 0 Å². The minimum Gasteiger partial charge on any atom is -0.377 e. The fourth-order valence-corrected chi connectivity index (χ4v) is 3.26. The number of fused-ring (bicyclic) bond motifs is 1. The van der Waals surface area contributed by atoms with Gasteiger partial charge in [0.2, 0.25) is 0 Å². The molecule has 4 rings (SSSR count). The smallest absolute Gasteiger partial charge is 0.321 e. The number of nitrogens with one attached hydrogen (secondary N) is 1. The first-order valence-electron chi connectivity index (χ1n) is 8.47. The molecule has 1 aliphatic heterocycles. The zero-order valence-electron chi connectivity index (χ0n) is 13.9. The van der Waals surface area contributed by atoms with Crippen LogP contribution < -0.4 is 10.2 Å². The van der Waals surface area contributed by atoms with Crippen LogP contribution in [-0.4, -0.2) is 47.1 Å². The molecule has 2 aromatic heterocycles. The lowest BCUT2D eigenvalue weighted by Gasteiger charge is -2.40. The van der Waals surface area contributed by atoms with Crippen LogP contribution in [0.5, 0.6) is 0 Å². The summed E-state index contributed by atoms with van der Waals surface area (Å²) in [5.41, 5.74) is 2.57. The average molecular weight is 330 g/mol. The Morgan fingerprint density at radius 2 is 2.17 bits per heavy atom. The second kappa shape index (κ2) is 6.72. The molecular weight excluding hydrogens is 308 g/mol. The lowest BCUT2D eigenvalue weighted by Crippen LogP contribution is -2.50. The van der Waals surface area contributed by atoms with E-state index in [1.54, 1.807) is 7.11 Å². The van der Waals surface area contributed by atoms with Gasteiger partial charge in [-0.15, -0.1) is 5.10 Å². The summed E-state index contributed by atoms with van der Waals surface area (Å²) in [7, 11) is 1.61. The van der Waals surface area contributed by atoms with Gasteiger partial charge in [-0.1, -0.05) is 5.16 Å². The summed E-state index contributed by atoms with van der Waals surface area (Å²) in [6.07, 6.45) is 4.71. The largest absolute Gasteiger partial charge is 0.377 e. The van der Waals surface area contributed by atoms with Gasteiger partial charge in [-0.05, 0) is 37.3 Å². The van der Waals surface area contributed by atoms with E-state index in [1.807, 2.05) is 0 Å². The van der Waals surface area contributed by atoms with Crippen molar-refractivity contribution in [2.45, 2.75) is 32.3 Å². The Labute approximate surface area is 140 Å². The van der Waals surface area contributed by atoms with Crippen molar-refractivity contribution >= 4 is 11.8 Å². The van der Waals surface area contributed by atoms with Crippen molar-refractivity contribution in [1.82, 2.24) is 20.3 Å². The molecule has 2 aromatic rings. The monoisotopic (exact) mass is 330 g/mol. The highest BCUT2D eigenvalue weighted by molar-refractivity contribution is 5.44. The zero-order valence-corrected chi connectivity index (χ0v) is 13.9. The first kappa shape index (κ1) is 15.3. The molecule has 1 saturated heterocycles. The lowest BCUT2D eigenvalue weighted by molar-refractivity contribution is 0.174. The first-order valence-corrected chi connectivity index (χ1v) is 8.47. The van der Waals surface area contributed by atoms with E-state index >= 15 is 0 Å². The Bertz CT molecular complexity index is 698. The molecule has 8 nitrogen and oxygen atoms in total. The highest BCUT2D eigenvalue weighted by atomic mass is 16.5. The maximum absolute atomic E-state index is 5.12. The number of rotatable bonds is 6. The molecule has 0 amide bonds. The zero-order chi connectivity index (χ0) is 16.4. The normalized spacial score (nSPS) is 17.5. The highest BCUT2D eigenvalue weighted by Gasteiger charge is 2.29. The molecule has 24 heavy (non-hydrogen) atoms. The van der Waals surface area contributed by atoms with Gasteiger partial charge in [-0.3, -0.25) is 0 Å². The molecule has 128 valence electrons. The minimum absolute atomic E-state index is 0.361. The van der Waals surface area contributed by atoms with Crippen LogP contribution >= 0.6 is 0 Å². The van der Waals surface area contributed by atoms with Crippen molar-refractivity contribution in [1.29, 1.82) is 0 Å². The average Bonchev–Trinajstić information content (AvgIpc) is 3.01. The van der Waals surface area contributed by atoms with Crippen LogP contribution in [0.3, 0.4) is 0 Å². The summed E-state index contributed by atoms with van der Waals surface area (Å²) >= 11 is 0. The topological polar surface area (TPSA) is 89.2 Å². The Morgan fingerprint density at radius 3 is 3.04 bits per heavy atom.